The second-order valence-corrected chi connectivity index (χ2v) is 6.68. The van der Waals surface area contributed by atoms with Crippen molar-refractivity contribution >= 4 is 21.8 Å². The molecule has 0 radical (unpaired) electrons. The first kappa shape index (κ1) is 13.2. The Bertz CT molecular complexity index is 488. The predicted octanol–water partition coefficient (Wildman–Crippen LogP) is 2.88. The molecule has 0 spiro atoms. The van der Waals surface area contributed by atoms with Crippen LogP contribution in [0.1, 0.15) is 49.1 Å². The molecule has 1 aliphatic carbocycles. The molecule has 1 aromatic heterocycles. The molecule has 1 aliphatic heterocycles. The van der Waals surface area contributed by atoms with E-state index in [4.69, 9.17) is 4.74 Å². The van der Waals surface area contributed by atoms with Gasteiger partial charge in [0, 0.05) is 29.9 Å². The minimum atomic E-state index is -0.191. The van der Waals surface area contributed by atoms with Crippen LogP contribution in [0.3, 0.4) is 0 Å². The molecule has 0 aromatic carbocycles. The Kier molecular flexibility index (Phi) is 3.43. The van der Waals surface area contributed by atoms with Crippen molar-refractivity contribution in [2.75, 3.05) is 13.2 Å². The number of amides is 1. The number of hydrogen-bond acceptors (Lipinski definition) is 2. The molecule has 5 heteroatoms. The van der Waals surface area contributed by atoms with Gasteiger partial charge in [-0.1, -0.05) is 0 Å². The van der Waals surface area contributed by atoms with Crippen LogP contribution < -0.4 is 5.32 Å². The second-order valence-electron chi connectivity index (χ2n) is 5.77. The Morgan fingerprint density at radius 1 is 1.63 bits per heavy atom. The van der Waals surface area contributed by atoms with Crippen LogP contribution in [0.5, 0.6) is 0 Å². The third-order valence-corrected chi connectivity index (χ3v) is 4.35. The zero-order valence-electron chi connectivity index (χ0n) is 11.1. The van der Waals surface area contributed by atoms with Crippen LogP contribution >= 0.6 is 15.9 Å². The zero-order chi connectivity index (χ0) is 13.5. The van der Waals surface area contributed by atoms with Gasteiger partial charge >= 0.3 is 0 Å². The number of nitrogens with one attached hydrogen (secondary N) is 1. The third kappa shape index (κ3) is 2.87. The molecule has 1 saturated heterocycles. The molecular formula is C14H19BrN2O2. The lowest BCUT2D eigenvalue weighted by Crippen LogP contribution is -2.40. The zero-order valence-corrected chi connectivity index (χ0v) is 12.7. The monoisotopic (exact) mass is 326 g/mol. The van der Waals surface area contributed by atoms with Gasteiger partial charge in [-0.2, -0.15) is 0 Å². The van der Waals surface area contributed by atoms with Crippen LogP contribution in [0.25, 0.3) is 0 Å². The summed E-state index contributed by atoms with van der Waals surface area (Å²) >= 11 is 3.45. The number of rotatable bonds is 4. The SMILES string of the molecule is CC1(CNC(=O)c2cc(Br)cn2C2CC2)CCCO1. The highest BCUT2D eigenvalue weighted by Gasteiger charge is 2.32. The smallest absolute Gasteiger partial charge is 0.268 e. The summed E-state index contributed by atoms with van der Waals surface area (Å²) in [5, 5.41) is 3.01. The number of nitrogens with zero attached hydrogens (tertiary/aromatic N) is 1. The molecule has 1 saturated carbocycles. The summed E-state index contributed by atoms with van der Waals surface area (Å²) in [4.78, 5) is 12.3. The quantitative estimate of drug-likeness (QED) is 0.924. The van der Waals surface area contributed by atoms with E-state index in [2.05, 4.69) is 32.7 Å². The maximum Gasteiger partial charge on any atom is 0.268 e. The number of hydrogen-bond donors (Lipinski definition) is 1. The van der Waals surface area contributed by atoms with E-state index in [1.54, 1.807) is 0 Å². The molecule has 1 atom stereocenters. The van der Waals surface area contributed by atoms with Gasteiger partial charge in [-0.05, 0) is 54.6 Å². The lowest BCUT2D eigenvalue weighted by molar-refractivity contribution is 0.0205. The van der Waals surface area contributed by atoms with Gasteiger partial charge in [0.05, 0.1) is 5.60 Å². The number of carbonyl (C=O) groups is 1. The maximum absolute atomic E-state index is 12.3. The van der Waals surface area contributed by atoms with Crippen LogP contribution in [0, 0.1) is 0 Å². The molecule has 2 aliphatic rings. The predicted molar refractivity (Wildman–Crippen MR) is 76.3 cm³/mol. The van der Waals surface area contributed by atoms with Crippen molar-refractivity contribution in [3.63, 3.8) is 0 Å². The number of aromatic nitrogens is 1. The Balaban J connectivity index is 1.66. The number of halogens is 1. The van der Waals surface area contributed by atoms with E-state index in [1.165, 1.54) is 12.8 Å². The van der Waals surface area contributed by atoms with Gasteiger partial charge in [-0.25, -0.2) is 0 Å². The fraction of sp³-hybridized carbons (Fsp3) is 0.643. The van der Waals surface area contributed by atoms with Crippen molar-refractivity contribution in [3.05, 3.63) is 22.4 Å². The highest BCUT2D eigenvalue weighted by atomic mass is 79.9. The van der Waals surface area contributed by atoms with Crippen molar-refractivity contribution in [1.82, 2.24) is 9.88 Å². The normalized spacial score (nSPS) is 26.6. The fourth-order valence-corrected chi connectivity index (χ4v) is 3.05. The standard InChI is InChI=1S/C14H19BrN2O2/c1-14(5-2-6-19-14)9-16-13(18)12-7-10(15)8-17(12)11-3-4-11/h7-8,11H,2-6,9H2,1H3,(H,16,18). The van der Waals surface area contributed by atoms with Gasteiger partial charge in [0.25, 0.3) is 5.91 Å². The van der Waals surface area contributed by atoms with Crippen LogP contribution in [-0.2, 0) is 4.74 Å². The van der Waals surface area contributed by atoms with E-state index in [9.17, 15) is 4.79 Å². The maximum atomic E-state index is 12.3. The van der Waals surface area contributed by atoms with E-state index in [-0.39, 0.29) is 11.5 Å². The van der Waals surface area contributed by atoms with Crippen molar-refractivity contribution in [2.45, 2.75) is 44.2 Å². The molecule has 0 bridgehead atoms. The molecule has 3 rings (SSSR count). The van der Waals surface area contributed by atoms with Gasteiger partial charge in [0.2, 0.25) is 0 Å². The first-order valence-corrected chi connectivity index (χ1v) is 7.66. The molecule has 2 fully saturated rings. The molecule has 4 nitrogen and oxygen atoms in total. The lowest BCUT2D eigenvalue weighted by atomic mass is 10.0. The Morgan fingerprint density at radius 3 is 3.05 bits per heavy atom. The first-order valence-electron chi connectivity index (χ1n) is 6.87. The lowest BCUT2D eigenvalue weighted by Gasteiger charge is -2.23. The van der Waals surface area contributed by atoms with E-state index in [0.717, 1.165) is 29.6 Å². The Morgan fingerprint density at radius 2 is 2.42 bits per heavy atom. The molecule has 2 heterocycles. The van der Waals surface area contributed by atoms with Gasteiger partial charge in [-0.3, -0.25) is 4.79 Å². The summed E-state index contributed by atoms with van der Waals surface area (Å²) in [5.41, 5.74) is 0.556. The Labute approximate surface area is 121 Å². The van der Waals surface area contributed by atoms with Gasteiger partial charge < -0.3 is 14.6 Å². The van der Waals surface area contributed by atoms with E-state index in [0.29, 0.717) is 12.6 Å². The summed E-state index contributed by atoms with van der Waals surface area (Å²) in [6, 6.07) is 2.40. The summed E-state index contributed by atoms with van der Waals surface area (Å²) in [6.07, 6.45) is 6.43. The molecule has 1 unspecified atom stereocenters. The molecule has 1 amide bonds. The van der Waals surface area contributed by atoms with Crippen LogP contribution in [0.2, 0.25) is 0 Å². The number of ether oxygens (including phenoxy) is 1. The van der Waals surface area contributed by atoms with Gasteiger partial charge in [-0.15, -0.1) is 0 Å². The van der Waals surface area contributed by atoms with Gasteiger partial charge in [0.1, 0.15) is 5.69 Å². The van der Waals surface area contributed by atoms with Crippen LogP contribution in [0.4, 0.5) is 0 Å². The van der Waals surface area contributed by atoms with Crippen molar-refractivity contribution < 1.29 is 9.53 Å². The van der Waals surface area contributed by atoms with Crippen molar-refractivity contribution in [1.29, 1.82) is 0 Å². The summed E-state index contributed by atoms with van der Waals surface area (Å²) in [5.74, 6) is -0.00525. The third-order valence-electron chi connectivity index (χ3n) is 3.91. The van der Waals surface area contributed by atoms with Crippen molar-refractivity contribution in [2.24, 2.45) is 0 Å². The topological polar surface area (TPSA) is 43.3 Å². The average molecular weight is 327 g/mol. The molecule has 1 aromatic rings. The van der Waals surface area contributed by atoms with Crippen LogP contribution in [0.15, 0.2) is 16.7 Å². The Hall–Kier alpha value is -0.810. The van der Waals surface area contributed by atoms with E-state index < -0.39 is 0 Å². The van der Waals surface area contributed by atoms with E-state index in [1.807, 2.05) is 12.3 Å². The first-order chi connectivity index (χ1) is 9.07. The highest BCUT2D eigenvalue weighted by Crippen LogP contribution is 2.37. The largest absolute Gasteiger partial charge is 0.373 e. The number of carbonyl (C=O) groups excluding carboxylic acids is 1. The molecule has 19 heavy (non-hydrogen) atoms. The van der Waals surface area contributed by atoms with Crippen molar-refractivity contribution in [3.8, 4) is 0 Å². The summed E-state index contributed by atoms with van der Waals surface area (Å²) in [6.45, 7) is 3.45. The average Bonchev–Trinajstić information content (AvgIpc) is 3.02. The molecule has 1 N–H and O–H groups in total. The second kappa shape index (κ2) is 4.94. The molecule has 104 valence electrons. The molecular weight excluding hydrogens is 308 g/mol. The minimum Gasteiger partial charge on any atom is -0.373 e. The minimum absolute atomic E-state index is 0.00525. The van der Waals surface area contributed by atoms with Crippen LogP contribution in [-0.4, -0.2) is 29.2 Å². The fourth-order valence-electron chi connectivity index (χ4n) is 2.62. The summed E-state index contributed by atoms with van der Waals surface area (Å²) < 4.78 is 8.74. The highest BCUT2D eigenvalue weighted by molar-refractivity contribution is 9.10. The summed E-state index contributed by atoms with van der Waals surface area (Å²) in [7, 11) is 0. The van der Waals surface area contributed by atoms with E-state index >= 15 is 0 Å². The van der Waals surface area contributed by atoms with Gasteiger partial charge in [0.15, 0.2) is 0 Å².